The normalized spacial score (nSPS) is 10.9. The van der Waals surface area contributed by atoms with Gasteiger partial charge >= 0.3 is 11.9 Å². The number of carboxylic acids is 2. The minimum Gasteiger partial charge on any atom is -0.481 e. The zero-order chi connectivity index (χ0) is 15.1. The van der Waals surface area contributed by atoms with Crippen LogP contribution in [0.3, 0.4) is 0 Å². The third-order valence-electron chi connectivity index (χ3n) is 2.09. The van der Waals surface area contributed by atoms with Crippen LogP contribution in [-0.2, 0) is 9.59 Å². The van der Waals surface area contributed by atoms with Gasteiger partial charge in [0.25, 0.3) is 5.69 Å². The second-order valence-corrected chi connectivity index (χ2v) is 3.53. The summed E-state index contributed by atoms with van der Waals surface area (Å²) in [4.78, 5) is 34.6. The largest absolute Gasteiger partial charge is 0.481 e. The molecule has 20 heavy (non-hydrogen) atoms. The fourth-order valence-corrected chi connectivity index (χ4v) is 1.12. The molecule has 0 amide bonds. The van der Waals surface area contributed by atoms with Gasteiger partial charge in [0.2, 0.25) is 0 Å². The lowest BCUT2D eigenvalue weighted by Crippen LogP contribution is -2.16. The standard InChI is InChI=1S/C10H10N4O6/c15-9(16)4-2-7(10(17)18)12-13-8-3-1-6(5-11-8)14(19)20/h1,3,5H,2,4H2,(H,11,13)(H,15,16)(H,17,18). The summed E-state index contributed by atoms with van der Waals surface area (Å²) >= 11 is 0. The lowest BCUT2D eigenvalue weighted by Gasteiger charge is -2.02. The molecule has 10 heteroatoms. The summed E-state index contributed by atoms with van der Waals surface area (Å²) in [5.41, 5.74) is 1.70. The number of carbonyl (C=O) groups is 2. The van der Waals surface area contributed by atoms with Gasteiger partial charge in [-0.1, -0.05) is 0 Å². The van der Waals surface area contributed by atoms with Crippen LogP contribution in [0.4, 0.5) is 11.5 Å². The molecule has 0 fully saturated rings. The van der Waals surface area contributed by atoms with Crippen molar-refractivity contribution in [3.63, 3.8) is 0 Å². The number of hydrogen-bond acceptors (Lipinski definition) is 7. The Morgan fingerprint density at radius 2 is 2.05 bits per heavy atom. The Morgan fingerprint density at radius 3 is 2.50 bits per heavy atom. The molecular weight excluding hydrogens is 272 g/mol. The van der Waals surface area contributed by atoms with Crippen molar-refractivity contribution in [1.82, 2.24) is 4.98 Å². The molecule has 0 aliphatic carbocycles. The maximum atomic E-state index is 10.8. The van der Waals surface area contributed by atoms with E-state index in [1.54, 1.807) is 0 Å². The molecule has 0 saturated heterocycles. The number of nitrogens with one attached hydrogen (secondary N) is 1. The zero-order valence-electron chi connectivity index (χ0n) is 10.0. The maximum Gasteiger partial charge on any atom is 0.352 e. The fraction of sp³-hybridized carbons (Fsp3) is 0.200. The summed E-state index contributed by atoms with van der Waals surface area (Å²) in [5.74, 6) is -2.40. The SMILES string of the molecule is O=C(O)CCC(=NNc1ccc([N+](=O)[O-])cn1)C(=O)O. The van der Waals surface area contributed by atoms with Crippen molar-refractivity contribution in [1.29, 1.82) is 0 Å². The quantitative estimate of drug-likeness (QED) is 0.375. The van der Waals surface area contributed by atoms with E-state index < -0.39 is 16.9 Å². The Morgan fingerprint density at radius 1 is 1.35 bits per heavy atom. The van der Waals surface area contributed by atoms with E-state index in [4.69, 9.17) is 10.2 Å². The molecule has 0 bridgehead atoms. The van der Waals surface area contributed by atoms with Crippen molar-refractivity contribution < 1.29 is 24.7 Å². The van der Waals surface area contributed by atoms with Crippen LogP contribution in [0, 0.1) is 10.1 Å². The van der Waals surface area contributed by atoms with E-state index >= 15 is 0 Å². The van der Waals surface area contributed by atoms with Gasteiger partial charge in [-0.05, 0) is 6.07 Å². The lowest BCUT2D eigenvalue weighted by atomic mass is 10.2. The van der Waals surface area contributed by atoms with Gasteiger partial charge < -0.3 is 10.2 Å². The van der Waals surface area contributed by atoms with Crippen molar-refractivity contribution in [3.05, 3.63) is 28.4 Å². The summed E-state index contributed by atoms with van der Waals surface area (Å²) in [6, 6.07) is 2.42. The summed E-state index contributed by atoms with van der Waals surface area (Å²) in [5, 5.41) is 31.2. The van der Waals surface area contributed by atoms with E-state index in [-0.39, 0.29) is 30.1 Å². The maximum absolute atomic E-state index is 10.8. The highest BCUT2D eigenvalue weighted by Crippen LogP contribution is 2.11. The molecule has 1 rings (SSSR count). The first-order valence-electron chi connectivity index (χ1n) is 5.28. The number of pyridine rings is 1. The van der Waals surface area contributed by atoms with Gasteiger partial charge in [0, 0.05) is 12.5 Å². The third-order valence-corrected chi connectivity index (χ3v) is 2.09. The first-order valence-corrected chi connectivity index (χ1v) is 5.28. The molecule has 0 aliphatic rings. The third kappa shape index (κ3) is 4.68. The number of aliphatic carboxylic acids is 2. The minimum atomic E-state index is -1.36. The highest BCUT2D eigenvalue weighted by Gasteiger charge is 2.12. The summed E-state index contributed by atoms with van der Waals surface area (Å²) in [7, 11) is 0. The molecule has 1 heterocycles. The number of rotatable bonds is 7. The second kappa shape index (κ2) is 6.78. The summed E-state index contributed by atoms with van der Waals surface area (Å²) in [6.07, 6.45) is 0.348. The average Bonchev–Trinajstić information content (AvgIpc) is 2.38. The van der Waals surface area contributed by atoms with E-state index in [9.17, 15) is 19.7 Å². The number of anilines is 1. The highest BCUT2D eigenvalue weighted by molar-refractivity contribution is 6.35. The van der Waals surface area contributed by atoms with Crippen LogP contribution >= 0.6 is 0 Å². The predicted molar refractivity (Wildman–Crippen MR) is 66.5 cm³/mol. The summed E-state index contributed by atoms with van der Waals surface area (Å²) < 4.78 is 0. The van der Waals surface area contributed by atoms with Crippen molar-refractivity contribution in [2.24, 2.45) is 5.10 Å². The second-order valence-electron chi connectivity index (χ2n) is 3.53. The molecule has 0 spiro atoms. The molecule has 10 nitrogen and oxygen atoms in total. The molecule has 0 aliphatic heterocycles. The topological polar surface area (TPSA) is 155 Å². The molecule has 0 aromatic carbocycles. The van der Waals surface area contributed by atoms with E-state index in [1.807, 2.05) is 0 Å². The van der Waals surface area contributed by atoms with Crippen LogP contribution in [0.15, 0.2) is 23.4 Å². The molecule has 1 aromatic heterocycles. The van der Waals surface area contributed by atoms with Crippen LogP contribution in [-0.4, -0.2) is 37.8 Å². The van der Waals surface area contributed by atoms with E-state index in [0.29, 0.717) is 0 Å². The van der Waals surface area contributed by atoms with Gasteiger partial charge in [0.15, 0.2) is 0 Å². The van der Waals surface area contributed by atoms with Gasteiger partial charge in [-0.15, -0.1) is 0 Å². The molecular formula is C10H10N4O6. The minimum absolute atomic E-state index is 0.102. The Hall–Kier alpha value is -3.04. The Balaban J connectivity index is 2.73. The van der Waals surface area contributed by atoms with Gasteiger partial charge in [-0.3, -0.25) is 20.3 Å². The molecule has 0 unspecified atom stereocenters. The predicted octanol–water partition coefficient (Wildman–Crippen LogP) is 0.707. The monoisotopic (exact) mass is 282 g/mol. The Labute approximate surface area is 111 Å². The van der Waals surface area contributed by atoms with Gasteiger partial charge in [0.1, 0.15) is 17.7 Å². The van der Waals surface area contributed by atoms with Gasteiger partial charge in [-0.2, -0.15) is 5.10 Å². The smallest absolute Gasteiger partial charge is 0.352 e. The van der Waals surface area contributed by atoms with Crippen molar-refractivity contribution >= 4 is 29.2 Å². The van der Waals surface area contributed by atoms with Crippen LogP contribution in [0.2, 0.25) is 0 Å². The van der Waals surface area contributed by atoms with Crippen molar-refractivity contribution in [3.8, 4) is 0 Å². The lowest BCUT2D eigenvalue weighted by molar-refractivity contribution is -0.385. The van der Waals surface area contributed by atoms with E-state index in [0.717, 1.165) is 6.20 Å². The molecule has 0 atom stereocenters. The number of hydrazone groups is 1. The molecule has 1 aromatic rings. The van der Waals surface area contributed by atoms with Crippen LogP contribution in [0.5, 0.6) is 0 Å². The molecule has 3 N–H and O–H groups in total. The number of nitro groups is 1. The van der Waals surface area contributed by atoms with Crippen LogP contribution in [0.25, 0.3) is 0 Å². The number of carboxylic acid groups (broad SMARTS) is 2. The number of hydrogen-bond donors (Lipinski definition) is 3. The number of nitrogens with zero attached hydrogens (tertiary/aromatic N) is 3. The molecule has 106 valence electrons. The van der Waals surface area contributed by atoms with E-state index in [1.165, 1.54) is 12.1 Å². The van der Waals surface area contributed by atoms with Gasteiger partial charge in [-0.25, -0.2) is 9.78 Å². The molecule has 0 saturated carbocycles. The van der Waals surface area contributed by atoms with Gasteiger partial charge in [0.05, 0.1) is 11.3 Å². The summed E-state index contributed by atoms with van der Waals surface area (Å²) in [6.45, 7) is 0. The molecule has 0 radical (unpaired) electrons. The average molecular weight is 282 g/mol. The van der Waals surface area contributed by atoms with Crippen molar-refractivity contribution in [2.75, 3.05) is 5.43 Å². The van der Waals surface area contributed by atoms with E-state index in [2.05, 4.69) is 15.5 Å². The first-order chi connectivity index (χ1) is 9.40. The van der Waals surface area contributed by atoms with Crippen LogP contribution in [0.1, 0.15) is 12.8 Å². The zero-order valence-corrected chi connectivity index (χ0v) is 10.0. The van der Waals surface area contributed by atoms with Crippen molar-refractivity contribution in [2.45, 2.75) is 12.8 Å². The Kier molecular flexibility index (Phi) is 5.09. The van der Waals surface area contributed by atoms with Crippen LogP contribution < -0.4 is 5.43 Å². The first kappa shape index (κ1) is 15.0. The number of aromatic nitrogens is 1. The highest BCUT2D eigenvalue weighted by atomic mass is 16.6. The Bertz CT molecular complexity index is 553. The fourth-order valence-electron chi connectivity index (χ4n) is 1.12.